The van der Waals surface area contributed by atoms with Gasteiger partial charge in [0.2, 0.25) is 0 Å². The average Bonchev–Trinajstić information content (AvgIpc) is 2.26. The highest BCUT2D eigenvalue weighted by atomic mass is 16.5. The summed E-state index contributed by atoms with van der Waals surface area (Å²) in [6, 6.07) is 7.52. The zero-order valence-corrected chi connectivity index (χ0v) is 10.2. The van der Waals surface area contributed by atoms with Crippen molar-refractivity contribution in [2.75, 3.05) is 20.3 Å². The second-order valence-electron chi connectivity index (χ2n) is 4.05. The van der Waals surface area contributed by atoms with E-state index in [-0.39, 0.29) is 6.61 Å². The van der Waals surface area contributed by atoms with E-state index in [2.05, 4.69) is 6.92 Å². The smallest absolute Gasteiger partial charge is 0.125 e. The van der Waals surface area contributed by atoms with Crippen molar-refractivity contribution in [3.8, 4) is 5.75 Å². The number of ether oxygens (including phenoxy) is 2. The van der Waals surface area contributed by atoms with Crippen LogP contribution in [0.5, 0.6) is 5.75 Å². The van der Waals surface area contributed by atoms with Crippen molar-refractivity contribution < 1.29 is 14.6 Å². The van der Waals surface area contributed by atoms with Gasteiger partial charge in [0, 0.05) is 12.7 Å². The van der Waals surface area contributed by atoms with Gasteiger partial charge in [0.05, 0.1) is 13.2 Å². The maximum atomic E-state index is 10.3. The van der Waals surface area contributed by atoms with Crippen LogP contribution in [0, 0.1) is 0 Å². The lowest BCUT2D eigenvalue weighted by Crippen LogP contribution is -2.27. The molecule has 0 aromatic heterocycles. The molecule has 1 rings (SSSR count). The van der Waals surface area contributed by atoms with E-state index >= 15 is 0 Å². The first-order valence-corrected chi connectivity index (χ1v) is 5.55. The molecule has 0 aliphatic heterocycles. The van der Waals surface area contributed by atoms with Crippen LogP contribution in [-0.2, 0) is 10.3 Å². The monoisotopic (exact) mass is 224 g/mol. The summed E-state index contributed by atoms with van der Waals surface area (Å²) in [5.74, 6) is 0.728. The van der Waals surface area contributed by atoms with Gasteiger partial charge in [-0.25, -0.2) is 0 Å². The van der Waals surface area contributed by atoms with E-state index in [0.717, 1.165) is 17.7 Å². The number of hydrogen-bond donors (Lipinski definition) is 1. The molecular formula is C13H20O3. The molecule has 0 aliphatic rings. The van der Waals surface area contributed by atoms with Gasteiger partial charge in [-0.2, -0.15) is 0 Å². The number of benzene rings is 1. The van der Waals surface area contributed by atoms with Crippen molar-refractivity contribution in [3.05, 3.63) is 29.8 Å². The number of aliphatic hydroxyl groups is 1. The first-order valence-electron chi connectivity index (χ1n) is 5.55. The highest BCUT2D eigenvalue weighted by molar-refractivity contribution is 5.37. The van der Waals surface area contributed by atoms with E-state index in [4.69, 9.17) is 9.47 Å². The molecular weight excluding hydrogens is 204 g/mol. The summed E-state index contributed by atoms with van der Waals surface area (Å²) in [6.45, 7) is 4.68. The molecule has 16 heavy (non-hydrogen) atoms. The lowest BCUT2D eigenvalue weighted by atomic mass is 9.96. The van der Waals surface area contributed by atoms with Gasteiger partial charge >= 0.3 is 0 Å². The summed E-state index contributed by atoms with van der Waals surface area (Å²) < 4.78 is 10.6. The third kappa shape index (κ3) is 3.22. The van der Waals surface area contributed by atoms with E-state index in [0.29, 0.717) is 6.61 Å². The summed E-state index contributed by atoms with van der Waals surface area (Å²) in [5.41, 5.74) is -0.246. The van der Waals surface area contributed by atoms with Gasteiger partial charge in [0.15, 0.2) is 0 Å². The molecule has 0 amide bonds. The van der Waals surface area contributed by atoms with E-state index in [1.54, 1.807) is 14.0 Å². The van der Waals surface area contributed by atoms with Crippen LogP contribution in [0.2, 0.25) is 0 Å². The van der Waals surface area contributed by atoms with E-state index < -0.39 is 5.60 Å². The Morgan fingerprint density at radius 2 is 2.00 bits per heavy atom. The first-order chi connectivity index (χ1) is 7.61. The molecule has 1 atom stereocenters. The summed E-state index contributed by atoms with van der Waals surface area (Å²) >= 11 is 0. The predicted octanol–water partition coefficient (Wildman–Crippen LogP) is 2.33. The second kappa shape index (κ2) is 5.87. The van der Waals surface area contributed by atoms with Crippen LogP contribution < -0.4 is 4.74 Å². The maximum Gasteiger partial charge on any atom is 0.125 e. The Balaban J connectivity index is 2.93. The van der Waals surface area contributed by atoms with Gasteiger partial charge < -0.3 is 14.6 Å². The van der Waals surface area contributed by atoms with Gasteiger partial charge in [-0.3, -0.25) is 0 Å². The number of methoxy groups -OCH3 is 1. The molecule has 1 unspecified atom stereocenters. The van der Waals surface area contributed by atoms with Crippen molar-refractivity contribution >= 4 is 0 Å². The minimum absolute atomic E-state index is 0.250. The van der Waals surface area contributed by atoms with E-state index in [1.807, 2.05) is 24.3 Å². The van der Waals surface area contributed by atoms with Crippen LogP contribution in [0.3, 0.4) is 0 Å². The molecule has 1 N–H and O–H groups in total. The Bertz CT molecular complexity index is 321. The molecule has 1 aromatic rings. The molecule has 90 valence electrons. The minimum Gasteiger partial charge on any atom is -0.493 e. The fourth-order valence-electron chi connectivity index (χ4n) is 1.61. The zero-order valence-electron chi connectivity index (χ0n) is 10.2. The van der Waals surface area contributed by atoms with Crippen molar-refractivity contribution in [3.63, 3.8) is 0 Å². The van der Waals surface area contributed by atoms with Crippen LogP contribution >= 0.6 is 0 Å². The standard InChI is InChI=1S/C13H20O3/c1-4-9-16-12-8-6-5-7-11(12)13(2,14)10-15-3/h5-8,14H,4,9-10H2,1-3H3. The number of rotatable bonds is 6. The van der Waals surface area contributed by atoms with Crippen molar-refractivity contribution in [2.45, 2.75) is 25.9 Å². The first kappa shape index (κ1) is 13.0. The Morgan fingerprint density at radius 3 is 2.62 bits per heavy atom. The number of hydrogen-bond acceptors (Lipinski definition) is 3. The van der Waals surface area contributed by atoms with Crippen LogP contribution in [0.4, 0.5) is 0 Å². The van der Waals surface area contributed by atoms with Crippen LogP contribution in [0.15, 0.2) is 24.3 Å². The molecule has 3 nitrogen and oxygen atoms in total. The zero-order chi connectivity index (χ0) is 12.0. The molecule has 0 heterocycles. The fourth-order valence-corrected chi connectivity index (χ4v) is 1.61. The quantitative estimate of drug-likeness (QED) is 0.806. The summed E-state index contributed by atoms with van der Waals surface area (Å²) in [4.78, 5) is 0. The highest BCUT2D eigenvalue weighted by Gasteiger charge is 2.26. The molecule has 0 aliphatic carbocycles. The van der Waals surface area contributed by atoms with Gasteiger partial charge in [0.1, 0.15) is 11.4 Å². The van der Waals surface area contributed by atoms with Gasteiger partial charge in [0.25, 0.3) is 0 Å². The Labute approximate surface area is 97.0 Å². The molecule has 3 heteroatoms. The lowest BCUT2D eigenvalue weighted by Gasteiger charge is -2.25. The summed E-state index contributed by atoms with van der Waals surface area (Å²) in [6.07, 6.45) is 0.945. The van der Waals surface area contributed by atoms with Crippen LogP contribution in [0.25, 0.3) is 0 Å². The normalized spacial score (nSPS) is 14.5. The largest absolute Gasteiger partial charge is 0.493 e. The fraction of sp³-hybridized carbons (Fsp3) is 0.538. The van der Waals surface area contributed by atoms with Crippen LogP contribution in [0.1, 0.15) is 25.8 Å². The van der Waals surface area contributed by atoms with Gasteiger partial charge in [-0.05, 0) is 19.4 Å². The Hall–Kier alpha value is -1.06. The topological polar surface area (TPSA) is 38.7 Å². The SMILES string of the molecule is CCCOc1ccccc1C(C)(O)COC. The van der Waals surface area contributed by atoms with Crippen LogP contribution in [-0.4, -0.2) is 25.4 Å². The lowest BCUT2D eigenvalue weighted by molar-refractivity contribution is -0.0225. The molecule has 0 bridgehead atoms. The summed E-state index contributed by atoms with van der Waals surface area (Å²) in [7, 11) is 1.57. The molecule has 0 radical (unpaired) electrons. The molecule has 0 spiro atoms. The van der Waals surface area contributed by atoms with Crippen molar-refractivity contribution in [1.82, 2.24) is 0 Å². The maximum absolute atomic E-state index is 10.3. The van der Waals surface area contributed by atoms with Crippen molar-refractivity contribution in [2.24, 2.45) is 0 Å². The Morgan fingerprint density at radius 1 is 1.31 bits per heavy atom. The molecule has 0 fully saturated rings. The van der Waals surface area contributed by atoms with Gasteiger partial charge in [-0.15, -0.1) is 0 Å². The van der Waals surface area contributed by atoms with E-state index in [9.17, 15) is 5.11 Å². The number of para-hydroxylation sites is 1. The van der Waals surface area contributed by atoms with E-state index in [1.165, 1.54) is 0 Å². The third-order valence-electron chi connectivity index (χ3n) is 2.35. The Kier molecular flexibility index (Phi) is 4.77. The predicted molar refractivity (Wildman–Crippen MR) is 63.7 cm³/mol. The molecule has 0 saturated carbocycles. The van der Waals surface area contributed by atoms with Crippen molar-refractivity contribution in [1.29, 1.82) is 0 Å². The highest BCUT2D eigenvalue weighted by Crippen LogP contribution is 2.30. The summed E-state index contributed by atoms with van der Waals surface area (Å²) in [5, 5.41) is 10.3. The third-order valence-corrected chi connectivity index (χ3v) is 2.35. The molecule has 1 aromatic carbocycles. The molecule has 0 saturated heterocycles. The van der Waals surface area contributed by atoms with Gasteiger partial charge in [-0.1, -0.05) is 25.1 Å². The average molecular weight is 224 g/mol. The minimum atomic E-state index is -1.01. The second-order valence-corrected chi connectivity index (χ2v) is 4.05.